The highest BCUT2D eigenvalue weighted by atomic mass is 16.5. The molecule has 8 heteroatoms. The Balaban J connectivity index is 1.87. The number of benzene rings is 2. The number of hydrogen-bond donors (Lipinski definition) is 3. The van der Waals surface area contributed by atoms with Crippen molar-refractivity contribution in [2.75, 3.05) is 12.4 Å². The fraction of sp³-hybridized carbons (Fsp3) is 0.0588. The van der Waals surface area contributed by atoms with Crippen LogP contribution in [-0.2, 0) is 0 Å². The first kappa shape index (κ1) is 16.2. The average molecular weight is 338 g/mol. The predicted molar refractivity (Wildman–Crippen MR) is 91.1 cm³/mol. The van der Waals surface area contributed by atoms with Crippen molar-refractivity contribution in [2.45, 2.75) is 0 Å². The second-order valence-corrected chi connectivity index (χ2v) is 5.02. The van der Waals surface area contributed by atoms with Gasteiger partial charge in [-0.15, -0.1) is 0 Å². The molecule has 1 heterocycles. The van der Waals surface area contributed by atoms with Gasteiger partial charge in [-0.2, -0.15) is 4.98 Å². The van der Waals surface area contributed by atoms with Gasteiger partial charge in [-0.1, -0.05) is 12.1 Å². The minimum atomic E-state index is -0.986. The van der Waals surface area contributed by atoms with Gasteiger partial charge in [0.25, 0.3) is 0 Å². The summed E-state index contributed by atoms with van der Waals surface area (Å²) in [6, 6.07) is 11.2. The molecule has 2 aromatic carbocycles. The van der Waals surface area contributed by atoms with Gasteiger partial charge in [0.15, 0.2) is 0 Å². The third-order valence-electron chi connectivity index (χ3n) is 3.39. The minimum absolute atomic E-state index is 0.103. The largest absolute Gasteiger partial charge is 0.478 e. The first-order valence-corrected chi connectivity index (χ1v) is 7.32. The summed E-state index contributed by atoms with van der Waals surface area (Å²) < 4.78 is 5.67. The lowest BCUT2D eigenvalue weighted by Crippen LogP contribution is -2.25. The Morgan fingerprint density at radius 2 is 2.00 bits per heavy atom. The van der Waals surface area contributed by atoms with E-state index < -0.39 is 12.0 Å². The summed E-state index contributed by atoms with van der Waals surface area (Å²) in [5.74, 6) is -0.152. The number of carboxylic acid groups (broad SMARTS) is 1. The van der Waals surface area contributed by atoms with Crippen molar-refractivity contribution >= 4 is 28.7 Å². The highest BCUT2D eigenvalue weighted by molar-refractivity contribution is 6.03. The lowest BCUT2D eigenvalue weighted by atomic mass is 10.0. The van der Waals surface area contributed by atoms with Crippen LogP contribution >= 0.6 is 0 Å². The number of urea groups is 1. The number of nitrogens with zero attached hydrogens (tertiary/aromatic N) is 2. The molecular weight excluding hydrogens is 324 g/mol. The van der Waals surface area contributed by atoms with Gasteiger partial charge in [0, 0.05) is 19.3 Å². The summed E-state index contributed by atoms with van der Waals surface area (Å²) in [4.78, 5) is 30.6. The van der Waals surface area contributed by atoms with Gasteiger partial charge in [0.1, 0.15) is 5.75 Å². The zero-order valence-electron chi connectivity index (χ0n) is 13.2. The van der Waals surface area contributed by atoms with Gasteiger partial charge < -0.3 is 15.2 Å². The number of hydrogen-bond acceptors (Lipinski definition) is 5. The Labute approximate surface area is 142 Å². The molecule has 0 spiro atoms. The number of nitrogens with one attached hydrogen (secondary N) is 2. The van der Waals surface area contributed by atoms with Gasteiger partial charge >= 0.3 is 12.0 Å². The number of fused-ring (bicyclic) bond motifs is 1. The van der Waals surface area contributed by atoms with Crippen LogP contribution in [-0.4, -0.2) is 34.1 Å². The van der Waals surface area contributed by atoms with Crippen molar-refractivity contribution in [1.82, 2.24) is 15.3 Å². The first-order valence-electron chi connectivity index (χ1n) is 7.32. The molecule has 0 bridgehead atoms. The number of ether oxygens (including phenoxy) is 1. The van der Waals surface area contributed by atoms with Crippen molar-refractivity contribution in [2.24, 2.45) is 0 Å². The van der Waals surface area contributed by atoms with E-state index in [1.54, 1.807) is 42.5 Å². The van der Waals surface area contributed by atoms with Crippen LogP contribution in [0.25, 0.3) is 10.8 Å². The number of amides is 2. The van der Waals surface area contributed by atoms with Crippen LogP contribution in [0.2, 0.25) is 0 Å². The summed E-state index contributed by atoms with van der Waals surface area (Å²) in [5, 5.41) is 15.4. The highest BCUT2D eigenvalue weighted by Gasteiger charge is 2.09. The van der Waals surface area contributed by atoms with E-state index in [4.69, 9.17) is 4.74 Å². The molecule has 0 saturated carbocycles. The Hall–Kier alpha value is -3.68. The summed E-state index contributed by atoms with van der Waals surface area (Å²) in [6.45, 7) is 0. The number of carbonyl (C=O) groups excluding carboxylic acids is 1. The maximum Gasteiger partial charge on any atom is 0.336 e. The van der Waals surface area contributed by atoms with Crippen molar-refractivity contribution in [3.63, 3.8) is 0 Å². The molecule has 0 aliphatic carbocycles. The molecule has 0 atom stereocenters. The fourth-order valence-corrected chi connectivity index (χ4v) is 2.26. The molecule has 0 radical (unpaired) electrons. The molecular formula is C17H14N4O4. The average Bonchev–Trinajstić information content (AvgIpc) is 2.61. The third-order valence-corrected chi connectivity index (χ3v) is 3.39. The van der Waals surface area contributed by atoms with E-state index in [1.165, 1.54) is 13.2 Å². The summed E-state index contributed by atoms with van der Waals surface area (Å²) in [5.41, 5.74) is 0.225. The summed E-state index contributed by atoms with van der Waals surface area (Å²) in [6.07, 6.45) is 1.46. The van der Waals surface area contributed by atoms with Crippen LogP contribution in [0.3, 0.4) is 0 Å². The van der Waals surface area contributed by atoms with Crippen molar-refractivity contribution in [3.05, 3.63) is 54.2 Å². The second-order valence-electron chi connectivity index (χ2n) is 5.02. The fourth-order valence-electron chi connectivity index (χ4n) is 2.26. The third kappa shape index (κ3) is 3.63. The van der Waals surface area contributed by atoms with E-state index in [0.717, 1.165) is 5.39 Å². The molecule has 126 valence electrons. The number of aromatic carboxylic acids is 1. The molecule has 2 amide bonds. The van der Waals surface area contributed by atoms with E-state index >= 15 is 0 Å². The molecule has 0 aliphatic heterocycles. The predicted octanol–water partition coefficient (Wildman–Crippen LogP) is 2.87. The van der Waals surface area contributed by atoms with Gasteiger partial charge in [-0.3, -0.25) is 5.32 Å². The Bertz CT molecular complexity index is 958. The van der Waals surface area contributed by atoms with Crippen LogP contribution in [0, 0.1) is 0 Å². The summed E-state index contributed by atoms with van der Waals surface area (Å²) >= 11 is 0. The molecule has 0 fully saturated rings. The molecule has 0 unspecified atom stereocenters. The van der Waals surface area contributed by atoms with Gasteiger partial charge in [0.2, 0.25) is 11.8 Å². The second kappa shape index (κ2) is 6.83. The molecule has 25 heavy (non-hydrogen) atoms. The van der Waals surface area contributed by atoms with E-state index in [9.17, 15) is 14.7 Å². The standard InChI is InChI=1S/C17H14N4O4/c1-18-17(24)21-16-19-8-7-14(20-16)25-11-5-6-12-10(9-11)3-2-4-13(12)15(22)23/h2-9H,1H3,(H,22,23)(H2,18,19,20,21,24). The molecule has 3 aromatic rings. The van der Waals surface area contributed by atoms with Gasteiger partial charge in [-0.25, -0.2) is 14.6 Å². The first-order chi connectivity index (χ1) is 12.1. The smallest absolute Gasteiger partial charge is 0.336 e. The number of aromatic nitrogens is 2. The molecule has 8 nitrogen and oxygen atoms in total. The van der Waals surface area contributed by atoms with E-state index in [1.807, 2.05) is 0 Å². The van der Waals surface area contributed by atoms with Crippen LogP contribution < -0.4 is 15.4 Å². The maximum absolute atomic E-state index is 11.3. The van der Waals surface area contributed by atoms with Crippen LogP contribution in [0.15, 0.2) is 48.7 Å². The van der Waals surface area contributed by atoms with Gasteiger partial charge in [-0.05, 0) is 35.0 Å². The van der Waals surface area contributed by atoms with Crippen LogP contribution in [0.4, 0.5) is 10.7 Å². The van der Waals surface area contributed by atoms with Crippen molar-refractivity contribution in [1.29, 1.82) is 0 Å². The molecule has 3 rings (SSSR count). The molecule has 1 aromatic heterocycles. The van der Waals surface area contributed by atoms with Crippen LogP contribution in [0.5, 0.6) is 11.6 Å². The quantitative estimate of drug-likeness (QED) is 0.674. The zero-order chi connectivity index (χ0) is 17.8. The monoisotopic (exact) mass is 338 g/mol. The maximum atomic E-state index is 11.3. The Kier molecular flexibility index (Phi) is 4.42. The number of rotatable bonds is 4. The van der Waals surface area contributed by atoms with Crippen molar-refractivity contribution in [3.8, 4) is 11.6 Å². The number of carbonyl (C=O) groups is 2. The topological polar surface area (TPSA) is 113 Å². The molecule has 0 aliphatic rings. The molecule has 3 N–H and O–H groups in total. The van der Waals surface area contributed by atoms with Crippen LogP contribution in [0.1, 0.15) is 10.4 Å². The van der Waals surface area contributed by atoms with E-state index in [-0.39, 0.29) is 17.4 Å². The Morgan fingerprint density at radius 3 is 2.76 bits per heavy atom. The lowest BCUT2D eigenvalue weighted by molar-refractivity contribution is 0.0699. The molecule has 0 saturated heterocycles. The summed E-state index contributed by atoms with van der Waals surface area (Å²) in [7, 11) is 1.48. The number of carboxylic acids is 1. The minimum Gasteiger partial charge on any atom is -0.478 e. The zero-order valence-corrected chi connectivity index (χ0v) is 13.2. The van der Waals surface area contributed by atoms with E-state index in [2.05, 4.69) is 20.6 Å². The SMILES string of the molecule is CNC(=O)Nc1nccc(Oc2ccc3c(C(=O)O)cccc3c2)n1. The lowest BCUT2D eigenvalue weighted by Gasteiger charge is -2.08. The normalized spacial score (nSPS) is 10.3. The van der Waals surface area contributed by atoms with Crippen molar-refractivity contribution < 1.29 is 19.4 Å². The van der Waals surface area contributed by atoms with E-state index in [0.29, 0.717) is 11.1 Å². The van der Waals surface area contributed by atoms with Gasteiger partial charge in [0.05, 0.1) is 5.56 Å². The number of anilines is 1. The highest BCUT2D eigenvalue weighted by Crippen LogP contribution is 2.27. The Morgan fingerprint density at radius 1 is 1.16 bits per heavy atom.